The van der Waals surface area contributed by atoms with Gasteiger partial charge in [-0.15, -0.1) is 0 Å². The molecule has 1 amide bonds. The van der Waals surface area contributed by atoms with Gasteiger partial charge in [0.2, 0.25) is 0 Å². The van der Waals surface area contributed by atoms with E-state index in [4.69, 9.17) is 5.11 Å². The second kappa shape index (κ2) is 4.64. The van der Waals surface area contributed by atoms with Gasteiger partial charge in [-0.2, -0.15) is 0 Å². The lowest BCUT2D eigenvalue weighted by Crippen LogP contribution is -2.30. The number of carbonyl (C=O) groups excluding carboxylic acids is 1. The number of likely N-dealkylation sites (tertiary alicyclic amines) is 1. The summed E-state index contributed by atoms with van der Waals surface area (Å²) >= 11 is 0. The van der Waals surface area contributed by atoms with Gasteiger partial charge in [0.05, 0.1) is 5.92 Å². The number of hydrogen-bond donors (Lipinski definition) is 2. The van der Waals surface area contributed by atoms with E-state index in [1.807, 2.05) is 0 Å². The van der Waals surface area contributed by atoms with Gasteiger partial charge in [0.25, 0.3) is 5.91 Å². The maximum absolute atomic E-state index is 12.1. The molecule has 0 spiro atoms. The van der Waals surface area contributed by atoms with Crippen LogP contribution in [0.4, 0.5) is 0 Å². The van der Waals surface area contributed by atoms with E-state index in [1.165, 1.54) is 23.2 Å². The van der Waals surface area contributed by atoms with Crippen LogP contribution in [0.25, 0.3) is 0 Å². The summed E-state index contributed by atoms with van der Waals surface area (Å²) in [6, 6.07) is 2.91. The number of carbonyl (C=O) groups is 2. The van der Waals surface area contributed by atoms with E-state index in [2.05, 4.69) is 4.98 Å². The van der Waals surface area contributed by atoms with Crippen molar-refractivity contribution in [3.05, 3.63) is 24.0 Å². The van der Waals surface area contributed by atoms with Crippen LogP contribution >= 0.6 is 0 Å². The zero-order valence-electron chi connectivity index (χ0n) is 9.91. The average Bonchev–Trinajstić information content (AvgIpc) is 2.71. The van der Waals surface area contributed by atoms with Crippen LogP contribution in [0, 0.1) is 11.8 Å². The van der Waals surface area contributed by atoms with E-state index in [0.29, 0.717) is 6.54 Å². The van der Waals surface area contributed by atoms with Crippen LogP contribution in [-0.2, 0) is 4.79 Å². The van der Waals surface area contributed by atoms with E-state index >= 15 is 0 Å². The fourth-order valence-electron chi connectivity index (χ4n) is 2.17. The molecule has 0 aromatic carbocycles. The Labute approximate surface area is 104 Å². The molecule has 2 atom stereocenters. The maximum Gasteiger partial charge on any atom is 0.308 e. The fraction of sp³-hybridized carbons (Fsp3) is 0.417. The molecule has 2 N–H and O–H groups in total. The van der Waals surface area contributed by atoms with Crippen molar-refractivity contribution in [1.29, 1.82) is 0 Å². The summed E-state index contributed by atoms with van der Waals surface area (Å²) in [6.45, 7) is 2.32. The predicted octanol–water partition coefficient (Wildman–Crippen LogP) is 0.580. The van der Waals surface area contributed by atoms with Gasteiger partial charge in [-0.05, 0) is 18.1 Å². The van der Waals surface area contributed by atoms with Crippen LogP contribution in [0.15, 0.2) is 18.3 Å². The molecule has 1 aliphatic heterocycles. The largest absolute Gasteiger partial charge is 0.505 e. The Kier molecular flexibility index (Phi) is 3.18. The highest BCUT2D eigenvalue weighted by Crippen LogP contribution is 2.26. The summed E-state index contributed by atoms with van der Waals surface area (Å²) in [4.78, 5) is 28.3. The Morgan fingerprint density at radius 1 is 1.44 bits per heavy atom. The van der Waals surface area contributed by atoms with E-state index < -0.39 is 17.8 Å². The Bertz CT molecular complexity index is 489. The molecular weight excluding hydrogens is 236 g/mol. The summed E-state index contributed by atoms with van der Waals surface area (Å²) in [7, 11) is 0. The van der Waals surface area contributed by atoms with Crippen LogP contribution in [0.3, 0.4) is 0 Å². The molecule has 6 nitrogen and oxygen atoms in total. The lowest BCUT2D eigenvalue weighted by Gasteiger charge is -2.15. The van der Waals surface area contributed by atoms with E-state index in [-0.39, 0.29) is 23.9 Å². The molecular formula is C12H14N2O4. The van der Waals surface area contributed by atoms with Gasteiger partial charge in [-0.1, -0.05) is 6.92 Å². The van der Waals surface area contributed by atoms with Crippen molar-refractivity contribution in [3.63, 3.8) is 0 Å². The number of aromatic nitrogens is 1. The number of carboxylic acid groups (broad SMARTS) is 1. The summed E-state index contributed by atoms with van der Waals surface area (Å²) in [5.74, 6) is -2.17. The second-order valence-corrected chi connectivity index (χ2v) is 4.50. The van der Waals surface area contributed by atoms with Crippen LogP contribution in [0.1, 0.15) is 17.4 Å². The van der Waals surface area contributed by atoms with Crippen molar-refractivity contribution in [2.45, 2.75) is 6.92 Å². The predicted molar refractivity (Wildman–Crippen MR) is 62.1 cm³/mol. The molecule has 0 saturated carbocycles. The number of aromatic hydroxyl groups is 1. The zero-order chi connectivity index (χ0) is 13.3. The summed E-state index contributed by atoms with van der Waals surface area (Å²) in [5, 5.41) is 18.6. The monoisotopic (exact) mass is 250 g/mol. The molecule has 1 aliphatic rings. The molecule has 0 bridgehead atoms. The molecule has 2 heterocycles. The molecule has 0 radical (unpaired) electrons. The number of rotatable bonds is 2. The van der Waals surface area contributed by atoms with E-state index in [0.717, 1.165) is 0 Å². The van der Waals surface area contributed by atoms with Crippen molar-refractivity contribution in [2.75, 3.05) is 13.1 Å². The van der Waals surface area contributed by atoms with Crippen molar-refractivity contribution in [1.82, 2.24) is 9.88 Å². The fourth-order valence-corrected chi connectivity index (χ4v) is 2.17. The van der Waals surface area contributed by atoms with Crippen molar-refractivity contribution in [2.24, 2.45) is 11.8 Å². The number of amides is 1. The van der Waals surface area contributed by atoms with Crippen LogP contribution in [0.5, 0.6) is 5.75 Å². The van der Waals surface area contributed by atoms with Gasteiger partial charge in [-0.25, -0.2) is 4.98 Å². The molecule has 1 aromatic heterocycles. The minimum Gasteiger partial charge on any atom is -0.505 e. The maximum atomic E-state index is 12.1. The van der Waals surface area contributed by atoms with Crippen molar-refractivity contribution < 1.29 is 19.8 Å². The number of carboxylic acids is 1. The quantitative estimate of drug-likeness (QED) is 0.801. The number of hydrogen-bond acceptors (Lipinski definition) is 4. The Morgan fingerprint density at radius 3 is 2.72 bits per heavy atom. The molecule has 96 valence electrons. The highest BCUT2D eigenvalue weighted by Gasteiger charge is 2.38. The van der Waals surface area contributed by atoms with Gasteiger partial charge >= 0.3 is 5.97 Å². The van der Waals surface area contributed by atoms with Gasteiger partial charge < -0.3 is 15.1 Å². The number of pyridine rings is 1. The third kappa shape index (κ3) is 2.13. The first-order valence-electron chi connectivity index (χ1n) is 5.66. The third-order valence-corrected chi connectivity index (χ3v) is 3.21. The minimum absolute atomic E-state index is 0.0317. The smallest absolute Gasteiger partial charge is 0.308 e. The first-order chi connectivity index (χ1) is 8.50. The molecule has 2 rings (SSSR count). The molecule has 1 fully saturated rings. The summed E-state index contributed by atoms with van der Waals surface area (Å²) < 4.78 is 0. The number of aliphatic carboxylic acids is 1. The Hall–Kier alpha value is -2.11. The van der Waals surface area contributed by atoms with Gasteiger partial charge in [0.15, 0.2) is 5.69 Å². The van der Waals surface area contributed by atoms with E-state index in [9.17, 15) is 14.7 Å². The first-order valence-corrected chi connectivity index (χ1v) is 5.66. The molecule has 0 aliphatic carbocycles. The van der Waals surface area contributed by atoms with E-state index in [1.54, 1.807) is 6.92 Å². The van der Waals surface area contributed by atoms with Gasteiger partial charge in [0, 0.05) is 19.3 Å². The van der Waals surface area contributed by atoms with Crippen LogP contribution in [0.2, 0.25) is 0 Å². The average molecular weight is 250 g/mol. The lowest BCUT2D eigenvalue weighted by atomic mass is 9.99. The molecule has 2 unspecified atom stereocenters. The van der Waals surface area contributed by atoms with Gasteiger partial charge in [0.1, 0.15) is 5.75 Å². The SMILES string of the molecule is CC1CN(C(=O)c2ncccc2O)CC1C(=O)O. The Balaban J connectivity index is 2.17. The first kappa shape index (κ1) is 12.3. The van der Waals surface area contributed by atoms with Crippen molar-refractivity contribution in [3.8, 4) is 5.75 Å². The molecule has 6 heteroatoms. The summed E-state index contributed by atoms with van der Waals surface area (Å²) in [6.07, 6.45) is 1.42. The normalized spacial score (nSPS) is 23.1. The highest BCUT2D eigenvalue weighted by molar-refractivity contribution is 5.95. The minimum atomic E-state index is -0.900. The Morgan fingerprint density at radius 2 is 2.17 bits per heavy atom. The van der Waals surface area contributed by atoms with Gasteiger partial charge in [-0.3, -0.25) is 9.59 Å². The standard InChI is InChI=1S/C12H14N2O4/c1-7-5-14(6-8(7)12(17)18)11(16)10-9(15)3-2-4-13-10/h2-4,7-8,15H,5-6H2,1H3,(H,17,18). The van der Waals surface area contributed by atoms with Crippen LogP contribution < -0.4 is 0 Å². The highest BCUT2D eigenvalue weighted by atomic mass is 16.4. The lowest BCUT2D eigenvalue weighted by molar-refractivity contribution is -0.142. The molecule has 1 saturated heterocycles. The summed E-state index contributed by atoms with van der Waals surface area (Å²) in [5.41, 5.74) is -0.0317. The molecule has 18 heavy (non-hydrogen) atoms. The third-order valence-electron chi connectivity index (χ3n) is 3.21. The number of nitrogens with zero attached hydrogens (tertiary/aromatic N) is 2. The second-order valence-electron chi connectivity index (χ2n) is 4.50. The van der Waals surface area contributed by atoms with Crippen LogP contribution in [-0.4, -0.2) is 45.1 Å². The van der Waals surface area contributed by atoms with Crippen molar-refractivity contribution >= 4 is 11.9 Å². The topological polar surface area (TPSA) is 90.7 Å². The molecule has 1 aromatic rings. The zero-order valence-corrected chi connectivity index (χ0v) is 9.91.